The number of hydrogen-bond donors (Lipinski definition) is 1. The molecule has 1 atom stereocenters. The average molecular weight is 244 g/mol. The van der Waals surface area contributed by atoms with Gasteiger partial charge in [0.2, 0.25) is 5.91 Å². The molecule has 1 aromatic rings. The number of benzene rings is 1. The number of amides is 1. The highest BCUT2D eigenvalue weighted by molar-refractivity contribution is 5.82. The van der Waals surface area contributed by atoms with E-state index in [9.17, 15) is 4.79 Å². The first kappa shape index (κ1) is 11.7. The number of fused-ring (bicyclic) bond motifs is 1. The Kier molecular flexibility index (Phi) is 3.33. The molecule has 3 heteroatoms. The van der Waals surface area contributed by atoms with Gasteiger partial charge in [-0.3, -0.25) is 4.79 Å². The molecule has 1 N–H and O–H groups in total. The van der Waals surface area contributed by atoms with Crippen LogP contribution in [0.3, 0.4) is 0 Å². The van der Waals surface area contributed by atoms with Crippen molar-refractivity contribution < 1.29 is 4.79 Å². The molecule has 1 amide bonds. The Balaban J connectivity index is 1.69. The molecule has 96 valence electrons. The van der Waals surface area contributed by atoms with Crippen LogP contribution in [-0.4, -0.2) is 29.9 Å². The van der Waals surface area contributed by atoms with Crippen LogP contribution in [0.1, 0.15) is 30.4 Å². The second kappa shape index (κ2) is 5.11. The molecule has 0 unspecified atom stereocenters. The summed E-state index contributed by atoms with van der Waals surface area (Å²) in [6.45, 7) is 2.64. The maximum Gasteiger partial charge on any atom is 0.240 e. The zero-order valence-electron chi connectivity index (χ0n) is 10.7. The molecule has 18 heavy (non-hydrogen) atoms. The molecule has 3 rings (SSSR count). The second-order valence-corrected chi connectivity index (χ2v) is 5.28. The number of carbonyl (C=O) groups is 1. The van der Waals surface area contributed by atoms with E-state index in [2.05, 4.69) is 29.6 Å². The Bertz CT molecular complexity index is 438. The first-order valence-corrected chi connectivity index (χ1v) is 6.93. The summed E-state index contributed by atoms with van der Waals surface area (Å²) in [5.74, 6) is 0.296. The summed E-state index contributed by atoms with van der Waals surface area (Å²) in [5.41, 5.74) is 2.71. The fourth-order valence-corrected chi connectivity index (χ4v) is 2.97. The summed E-state index contributed by atoms with van der Waals surface area (Å²) in [6.07, 6.45) is 4.37. The van der Waals surface area contributed by atoms with Gasteiger partial charge < -0.3 is 10.2 Å². The van der Waals surface area contributed by atoms with Gasteiger partial charge in [-0.25, -0.2) is 0 Å². The van der Waals surface area contributed by atoms with Crippen LogP contribution in [0.5, 0.6) is 0 Å². The Hall–Kier alpha value is -1.35. The van der Waals surface area contributed by atoms with Gasteiger partial charge in [0.25, 0.3) is 0 Å². The minimum Gasteiger partial charge on any atom is -0.337 e. The minimum absolute atomic E-state index is 0.0593. The smallest absolute Gasteiger partial charge is 0.240 e. The van der Waals surface area contributed by atoms with Gasteiger partial charge in [0, 0.05) is 13.1 Å². The van der Waals surface area contributed by atoms with E-state index in [0.29, 0.717) is 5.91 Å². The molecule has 1 fully saturated rings. The van der Waals surface area contributed by atoms with Crippen molar-refractivity contribution in [1.29, 1.82) is 0 Å². The predicted molar refractivity (Wildman–Crippen MR) is 71.2 cm³/mol. The molecule has 2 aliphatic heterocycles. The third-order valence-corrected chi connectivity index (χ3v) is 4.05. The number of nitrogens with one attached hydrogen (secondary N) is 1. The van der Waals surface area contributed by atoms with Crippen LogP contribution >= 0.6 is 0 Å². The van der Waals surface area contributed by atoms with Crippen molar-refractivity contribution in [2.24, 2.45) is 0 Å². The zero-order chi connectivity index (χ0) is 12.4. The van der Waals surface area contributed by atoms with Crippen LogP contribution in [0.15, 0.2) is 24.3 Å². The Morgan fingerprint density at radius 1 is 1.22 bits per heavy atom. The van der Waals surface area contributed by atoms with Crippen molar-refractivity contribution in [3.05, 3.63) is 35.4 Å². The molecule has 1 saturated heterocycles. The summed E-state index contributed by atoms with van der Waals surface area (Å²) in [6, 6.07) is 8.52. The first-order chi connectivity index (χ1) is 8.84. The van der Waals surface area contributed by atoms with Crippen LogP contribution in [0.25, 0.3) is 0 Å². The van der Waals surface area contributed by atoms with E-state index in [-0.39, 0.29) is 6.04 Å². The average Bonchev–Trinajstić information content (AvgIpc) is 2.47. The SMILES string of the molecule is O=C([C@@H]1CCCCN1)N1CCc2ccccc2C1. The molecule has 0 saturated carbocycles. The van der Waals surface area contributed by atoms with Gasteiger partial charge >= 0.3 is 0 Å². The van der Waals surface area contributed by atoms with Gasteiger partial charge in [0.15, 0.2) is 0 Å². The van der Waals surface area contributed by atoms with E-state index in [0.717, 1.165) is 32.5 Å². The lowest BCUT2D eigenvalue weighted by molar-refractivity contribution is -0.135. The third-order valence-electron chi connectivity index (χ3n) is 4.05. The highest BCUT2D eigenvalue weighted by atomic mass is 16.2. The van der Waals surface area contributed by atoms with Gasteiger partial charge in [-0.15, -0.1) is 0 Å². The summed E-state index contributed by atoms with van der Waals surface area (Å²) < 4.78 is 0. The number of carbonyl (C=O) groups excluding carboxylic acids is 1. The lowest BCUT2D eigenvalue weighted by Gasteiger charge is -2.33. The molecule has 0 spiro atoms. The molecule has 1 aromatic carbocycles. The molecule has 0 aromatic heterocycles. The lowest BCUT2D eigenvalue weighted by atomic mass is 9.98. The van der Waals surface area contributed by atoms with Crippen molar-refractivity contribution in [2.45, 2.75) is 38.3 Å². The summed E-state index contributed by atoms with van der Waals surface area (Å²) >= 11 is 0. The maximum atomic E-state index is 12.4. The van der Waals surface area contributed by atoms with E-state index in [1.807, 2.05) is 4.90 Å². The summed E-state index contributed by atoms with van der Waals surface area (Å²) in [4.78, 5) is 14.4. The van der Waals surface area contributed by atoms with Gasteiger partial charge in [-0.2, -0.15) is 0 Å². The summed E-state index contributed by atoms with van der Waals surface area (Å²) in [7, 11) is 0. The van der Waals surface area contributed by atoms with Crippen LogP contribution in [-0.2, 0) is 17.8 Å². The van der Waals surface area contributed by atoms with Gasteiger partial charge in [-0.05, 0) is 36.9 Å². The van der Waals surface area contributed by atoms with Gasteiger partial charge in [0.05, 0.1) is 6.04 Å². The van der Waals surface area contributed by atoms with E-state index in [1.54, 1.807) is 0 Å². The minimum atomic E-state index is 0.0593. The van der Waals surface area contributed by atoms with Crippen molar-refractivity contribution in [1.82, 2.24) is 10.2 Å². The first-order valence-electron chi connectivity index (χ1n) is 6.93. The number of piperidine rings is 1. The maximum absolute atomic E-state index is 12.4. The van der Waals surface area contributed by atoms with Gasteiger partial charge in [0.1, 0.15) is 0 Å². The fraction of sp³-hybridized carbons (Fsp3) is 0.533. The largest absolute Gasteiger partial charge is 0.337 e. The van der Waals surface area contributed by atoms with Crippen molar-refractivity contribution >= 4 is 5.91 Å². The Labute approximate surface area is 108 Å². The second-order valence-electron chi connectivity index (χ2n) is 5.28. The zero-order valence-corrected chi connectivity index (χ0v) is 10.7. The van der Waals surface area contributed by atoms with E-state index < -0.39 is 0 Å². The summed E-state index contributed by atoms with van der Waals surface area (Å²) in [5, 5.41) is 3.35. The highest BCUT2D eigenvalue weighted by Crippen LogP contribution is 2.20. The Morgan fingerprint density at radius 2 is 2.06 bits per heavy atom. The monoisotopic (exact) mass is 244 g/mol. The molecule has 2 aliphatic rings. The van der Waals surface area contributed by atoms with E-state index in [4.69, 9.17) is 0 Å². The number of nitrogens with zero attached hydrogens (tertiary/aromatic N) is 1. The van der Waals surface area contributed by atoms with Crippen LogP contribution in [0.4, 0.5) is 0 Å². The topological polar surface area (TPSA) is 32.3 Å². The quantitative estimate of drug-likeness (QED) is 0.815. The molecular formula is C15H20N2O. The Morgan fingerprint density at radius 3 is 2.83 bits per heavy atom. The predicted octanol–water partition coefficient (Wildman–Crippen LogP) is 1.71. The number of hydrogen-bond acceptors (Lipinski definition) is 2. The molecule has 0 aliphatic carbocycles. The van der Waals surface area contributed by atoms with E-state index >= 15 is 0 Å². The van der Waals surface area contributed by atoms with Crippen LogP contribution < -0.4 is 5.32 Å². The fourth-order valence-electron chi connectivity index (χ4n) is 2.97. The molecule has 3 nitrogen and oxygen atoms in total. The van der Waals surface area contributed by atoms with Gasteiger partial charge in [-0.1, -0.05) is 30.7 Å². The third kappa shape index (κ3) is 2.27. The normalized spacial score (nSPS) is 23.6. The number of rotatable bonds is 1. The van der Waals surface area contributed by atoms with Crippen LogP contribution in [0.2, 0.25) is 0 Å². The lowest BCUT2D eigenvalue weighted by Crippen LogP contribution is -2.49. The van der Waals surface area contributed by atoms with Crippen molar-refractivity contribution in [3.63, 3.8) is 0 Å². The molecule has 0 radical (unpaired) electrons. The van der Waals surface area contributed by atoms with Crippen molar-refractivity contribution in [2.75, 3.05) is 13.1 Å². The van der Waals surface area contributed by atoms with Crippen LogP contribution in [0, 0.1) is 0 Å². The molecule has 2 heterocycles. The van der Waals surface area contributed by atoms with Crippen molar-refractivity contribution in [3.8, 4) is 0 Å². The standard InChI is InChI=1S/C15H20N2O/c18-15(14-7-3-4-9-16-14)17-10-8-12-5-1-2-6-13(12)11-17/h1-2,5-6,14,16H,3-4,7-11H2/t14-/m0/s1. The molecule has 0 bridgehead atoms. The van der Waals surface area contributed by atoms with E-state index in [1.165, 1.54) is 24.0 Å². The molecular weight excluding hydrogens is 224 g/mol. The highest BCUT2D eigenvalue weighted by Gasteiger charge is 2.27.